The van der Waals surface area contributed by atoms with Gasteiger partial charge in [0.05, 0.1) is 25.3 Å². The van der Waals surface area contributed by atoms with Crippen LogP contribution in [0.4, 0.5) is 11.4 Å². The highest BCUT2D eigenvalue weighted by atomic mass is 16.5. The number of aromatic nitrogens is 2. The number of methoxy groups -OCH3 is 2. The van der Waals surface area contributed by atoms with Crippen molar-refractivity contribution in [2.45, 2.75) is 58.8 Å². The number of hydrogen-bond donors (Lipinski definition) is 2. The van der Waals surface area contributed by atoms with Gasteiger partial charge in [0, 0.05) is 46.6 Å². The quantitative estimate of drug-likeness (QED) is 0.173. The second kappa shape index (κ2) is 13.1. The first-order valence-electron chi connectivity index (χ1n) is 13.5. The fraction of sp³-hybridized carbons (Fsp3) is 0.419. The predicted molar refractivity (Wildman–Crippen MR) is 155 cm³/mol. The second-order valence-corrected chi connectivity index (χ2v) is 9.72. The minimum atomic E-state index is 0.862. The predicted octanol–water partition coefficient (Wildman–Crippen LogP) is 7.67. The number of ether oxygens (including phenoxy) is 2. The standard InChI is InChI=1S/C31H40N4O2/c1-22-18-30(26-20-24(36-3)12-14-28(26)34-22)32-16-10-8-6-5-7-9-11-17-33-31-19-23(2)35-29-15-13-25(37-4)21-27(29)31/h12-15,18-21H,5-11,16-17H2,1-4H3,(H,32,34)(H,33,35). The highest BCUT2D eigenvalue weighted by Gasteiger charge is 2.07. The summed E-state index contributed by atoms with van der Waals surface area (Å²) in [5, 5.41) is 9.48. The summed E-state index contributed by atoms with van der Waals surface area (Å²) in [5.41, 5.74) is 6.35. The van der Waals surface area contributed by atoms with Gasteiger partial charge in [0.1, 0.15) is 11.5 Å². The van der Waals surface area contributed by atoms with Crippen LogP contribution in [0.15, 0.2) is 48.5 Å². The van der Waals surface area contributed by atoms with E-state index in [9.17, 15) is 0 Å². The molecule has 2 N–H and O–H groups in total. The molecular weight excluding hydrogens is 460 g/mol. The number of benzene rings is 2. The SMILES string of the molecule is COc1ccc2nc(C)cc(NCCCCCCCCCNc3cc(C)nc4ccc(OC)cc34)c2c1. The van der Waals surface area contributed by atoms with E-state index in [0.717, 1.165) is 69.2 Å². The molecule has 0 bridgehead atoms. The van der Waals surface area contributed by atoms with Crippen molar-refractivity contribution in [1.82, 2.24) is 9.97 Å². The van der Waals surface area contributed by atoms with E-state index < -0.39 is 0 Å². The summed E-state index contributed by atoms with van der Waals surface area (Å²) < 4.78 is 10.8. The Morgan fingerprint density at radius 1 is 0.568 bits per heavy atom. The van der Waals surface area contributed by atoms with E-state index >= 15 is 0 Å². The fourth-order valence-corrected chi connectivity index (χ4v) is 4.80. The van der Waals surface area contributed by atoms with E-state index in [1.807, 2.05) is 38.1 Å². The summed E-state index contributed by atoms with van der Waals surface area (Å²) >= 11 is 0. The van der Waals surface area contributed by atoms with Gasteiger partial charge in [0.15, 0.2) is 0 Å². The third-order valence-corrected chi connectivity index (χ3v) is 6.77. The van der Waals surface area contributed by atoms with E-state index in [1.165, 1.54) is 44.9 Å². The normalized spacial score (nSPS) is 11.1. The zero-order valence-corrected chi connectivity index (χ0v) is 22.7. The fourth-order valence-electron chi connectivity index (χ4n) is 4.80. The summed E-state index contributed by atoms with van der Waals surface area (Å²) in [4.78, 5) is 9.29. The molecule has 0 fully saturated rings. The molecule has 6 nitrogen and oxygen atoms in total. The number of fused-ring (bicyclic) bond motifs is 2. The van der Waals surface area contributed by atoms with Crippen molar-refractivity contribution in [2.75, 3.05) is 37.9 Å². The van der Waals surface area contributed by atoms with E-state index in [2.05, 4.69) is 44.9 Å². The van der Waals surface area contributed by atoms with Gasteiger partial charge in [0.25, 0.3) is 0 Å². The van der Waals surface area contributed by atoms with Crippen molar-refractivity contribution in [3.63, 3.8) is 0 Å². The summed E-state index contributed by atoms with van der Waals surface area (Å²) in [7, 11) is 3.40. The molecule has 196 valence electrons. The van der Waals surface area contributed by atoms with Gasteiger partial charge >= 0.3 is 0 Å². The number of rotatable bonds is 14. The first-order chi connectivity index (χ1) is 18.1. The highest BCUT2D eigenvalue weighted by molar-refractivity contribution is 5.93. The van der Waals surface area contributed by atoms with Crippen LogP contribution >= 0.6 is 0 Å². The van der Waals surface area contributed by atoms with Gasteiger partial charge in [-0.05, 0) is 75.2 Å². The van der Waals surface area contributed by atoms with Crippen LogP contribution in [0.1, 0.15) is 56.3 Å². The number of unbranched alkanes of at least 4 members (excludes halogenated alkanes) is 6. The average Bonchev–Trinajstić information content (AvgIpc) is 2.90. The van der Waals surface area contributed by atoms with Gasteiger partial charge in [-0.2, -0.15) is 0 Å². The monoisotopic (exact) mass is 500 g/mol. The molecule has 0 atom stereocenters. The number of aryl methyl sites for hydroxylation is 2. The molecule has 4 aromatic rings. The van der Waals surface area contributed by atoms with E-state index in [1.54, 1.807) is 14.2 Å². The summed E-state index contributed by atoms with van der Waals surface area (Å²) in [6, 6.07) is 16.4. The highest BCUT2D eigenvalue weighted by Crippen LogP contribution is 2.28. The molecule has 2 aromatic heterocycles. The molecule has 0 aliphatic heterocycles. The molecule has 0 spiro atoms. The third-order valence-electron chi connectivity index (χ3n) is 6.77. The molecule has 4 rings (SSSR count). The molecular formula is C31H40N4O2. The van der Waals surface area contributed by atoms with Gasteiger partial charge in [-0.25, -0.2) is 0 Å². The molecule has 0 aliphatic carbocycles. The molecule has 0 saturated carbocycles. The summed E-state index contributed by atoms with van der Waals surface area (Å²) in [5.74, 6) is 1.72. The van der Waals surface area contributed by atoms with E-state index in [0.29, 0.717) is 0 Å². The van der Waals surface area contributed by atoms with Crippen molar-refractivity contribution in [1.29, 1.82) is 0 Å². The number of nitrogens with zero attached hydrogens (tertiary/aromatic N) is 2. The largest absolute Gasteiger partial charge is 0.497 e. The average molecular weight is 501 g/mol. The Labute approximate surface area is 220 Å². The van der Waals surface area contributed by atoms with Crippen molar-refractivity contribution in [3.05, 3.63) is 59.9 Å². The molecule has 37 heavy (non-hydrogen) atoms. The Hall–Kier alpha value is -3.54. The van der Waals surface area contributed by atoms with Crippen LogP contribution in [0.2, 0.25) is 0 Å². The van der Waals surface area contributed by atoms with Crippen LogP contribution in [-0.2, 0) is 0 Å². The third kappa shape index (κ3) is 7.25. The molecule has 0 radical (unpaired) electrons. The lowest BCUT2D eigenvalue weighted by Crippen LogP contribution is -2.04. The summed E-state index contributed by atoms with van der Waals surface area (Å²) in [6.45, 7) is 6.04. The van der Waals surface area contributed by atoms with Crippen molar-refractivity contribution in [2.24, 2.45) is 0 Å². The van der Waals surface area contributed by atoms with Gasteiger partial charge in [-0.1, -0.05) is 32.1 Å². The Kier molecular flexibility index (Phi) is 9.41. The Bertz CT molecular complexity index is 1220. The smallest absolute Gasteiger partial charge is 0.119 e. The Balaban J connectivity index is 1.12. The van der Waals surface area contributed by atoms with Crippen molar-refractivity contribution in [3.8, 4) is 11.5 Å². The van der Waals surface area contributed by atoms with Gasteiger partial charge in [-0.15, -0.1) is 0 Å². The number of nitrogens with one attached hydrogen (secondary N) is 2. The molecule has 6 heteroatoms. The molecule has 0 saturated heterocycles. The number of hydrogen-bond acceptors (Lipinski definition) is 6. The second-order valence-electron chi connectivity index (χ2n) is 9.72. The van der Waals surface area contributed by atoms with Gasteiger partial charge in [0.2, 0.25) is 0 Å². The van der Waals surface area contributed by atoms with Crippen molar-refractivity contribution < 1.29 is 9.47 Å². The lowest BCUT2D eigenvalue weighted by Gasteiger charge is -2.12. The van der Waals surface area contributed by atoms with Crippen LogP contribution < -0.4 is 20.1 Å². The zero-order valence-electron chi connectivity index (χ0n) is 22.7. The topological polar surface area (TPSA) is 68.3 Å². The van der Waals surface area contributed by atoms with Crippen LogP contribution in [0.3, 0.4) is 0 Å². The maximum atomic E-state index is 5.40. The van der Waals surface area contributed by atoms with E-state index in [4.69, 9.17) is 9.47 Å². The Morgan fingerprint density at radius 2 is 0.973 bits per heavy atom. The van der Waals surface area contributed by atoms with Crippen molar-refractivity contribution >= 4 is 33.2 Å². The zero-order chi connectivity index (χ0) is 26.0. The van der Waals surface area contributed by atoms with Gasteiger partial charge < -0.3 is 20.1 Å². The molecule has 0 unspecified atom stereocenters. The Morgan fingerprint density at radius 3 is 1.38 bits per heavy atom. The molecule has 2 heterocycles. The maximum absolute atomic E-state index is 5.40. The van der Waals surface area contributed by atoms with Gasteiger partial charge in [-0.3, -0.25) is 9.97 Å². The molecule has 0 aliphatic rings. The first-order valence-corrected chi connectivity index (χ1v) is 13.5. The molecule has 2 aromatic carbocycles. The van der Waals surface area contributed by atoms with E-state index in [-0.39, 0.29) is 0 Å². The maximum Gasteiger partial charge on any atom is 0.119 e. The number of pyridine rings is 2. The lowest BCUT2D eigenvalue weighted by molar-refractivity contribution is 0.415. The first kappa shape index (κ1) is 26.5. The minimum absolute atomic E-state index is 0.862. The van der Waals surface area contributed by atoms with Crippen LogP contribution in [0, 0.1) is 13.8 Å². The lowest BCUT2D eigenvalue weighted by atomic mass is 10.1. The van der Waals surface area contributed by atoms with Crippen LogP contribution in [0.5, 0.6) is 11.5 Å². The summed E-state index contributed by atoms with van der Waals surface area (Å²) in [6.07, 6.45) is 8.71. The van der Waals surface area contributed by atoms with Crippen LogP contribution in [0.25, 0.3) is 21.8 Å². The minimum Gasteiger partial charge on any atom is -0.497 e. The van der Waals surface area contributed by atoms with Crippen LogP contribution in [-0.4, -0.2) is 37.3 Å². The number of anilines is 2. The molecule has 0 amide bonds.